The normalized spacial score (nSPS) is 13.4. The van der Waals surface area contributed by atoms with Gasteiger partial charge in [-0.25, -0.2) is 0 Å². The van der Waals surface area contributed by atoms with Crippen LogP contribution in [0.1, 0.15) is 36.8 Å². The predicted molar refractivity (Wildman–Crippen MR) is 73.8 cm³/mol. The van der Waals surface area contributed by atoms with Crippen LogP contribution in [0.3, 0.4) is 0 Å². The van der Waals surface area contributed by atoms with Crippen LogP contribution in [-0.4, -0.2) is 17.7 Å². The maximum absolute atomic E-state index is 10.1. The first-order valence-electron chi connectivity index (χ1n) is 6.40. The van der Waals surface area contributed by atoms with Gasteiger partial charge in [0.2, 0.25) is 0 Å². The molecule has 1 unspecified atom stereocenters. The molecule has 2 rings (SSSR count). The van der Waals surface area contributed by atoms with Gasteiger partial charge in [0.1, 0.15) is 17.4 Å². The molecule has 2 aromatic rings. The Morgan fingerprint density at radius 3 is 2.67 bits per heavy atom. The zero-order chi connectivity index (χ0) is 13.3. The molecule has 3 heteroatoms. The number of furan rings is 1. The van der Waals surface area contributed by atoms with Crippen LogP contribution < -0.4 is 5.32 Å². The lowest BCUT2D eigenvalue weighted by atomic mass is 10.1. The first-order chi connectivity index (χ1) is 8.49. The fourth-order valence-corrected chi connectivity index (χ4v) is 1.97. The molecule has 3 nitrogen and oxygen atoms in total. The van der Waals surface area contributed by atoms with Crippen molar-refractivity contribution in [2.24, 2.45) is 0 Å². The minimum absolute atomic E-state index is 0.355. The zero-order valence-corrected chi connectivity index (χ0v) is 11.4. The summed E-state index contributed by atoms with van der Waals surface area (Å²) in [5.74, 6) is 0.631. The Kier molecular flexibility index (Phi) is 3.73. The quantitative estimate of drug-likeness (QED) is 0.872. The number of hydrogen-bond acceptors (Lipinski definition) is 3. The fourth-order valence-electron chi connectivity index (χ4n) is 1.97. The van der Waals surface area contributed by atoms with Crippen molar-refractivity contribution in [1.82, 2.24) is 5.32 Å². The number of nitrogens with one attached hydrogen (secondary N) is 1. The van der Waals surface area contributed by atoms with Crippen LogP contribution in [0.25, 0.3) is 11.0 Å². The molecular formula is C15H21NO2. The number of fused-ring (bicyclic) bond motifs is 1. The minimum Gasteiger partial charge on any atom is -0.458 e. The van der Waals surface area contributed by atoms with Gasteiger partial charge >= 0.3 is 0 Å². The van der Waals surface area contributed by atoms with E-state index >= 15 is 0 Å². The molecular weight excluding hydrogens is 226 g/mol. The van der Waals surface area contributed by atoms with E-state index in [-0.39, 0.29) is 0 Å². The van der Waals surface area contributed by atoms with E-state index in [1.807, 2.05) is 19.1 Å². The summed E-state index contributed by atoms with van der Waals surface area (Å²) in [6.45, 7) is 8.73. The highest BCUT2D eigenvalue weighted by Crippen LogP contribution is 2.27. The molecule has 98 valence electrons. The van der Waals surface area contributed by atoms with Crippen molar-refractivity contribution in [2.75, 3.05) is 6.54 Å². The fraction of sp³-hybridized carbons (Fsp3) is 0.467. The summed E-state index contributed by atoms with van der Waals surface area (Å²) in [6, 6.07) is 6.39. The number of benzene rings is 1. The molecule has 0 fully saturated rings. The maximum Gasteiger partial charge on any atom is 0.137 e. The lowest BCUT2D eigenvalue weighted by Gasteiger charge is -2.11. The molecule has 18 heavy (non-hydrogen) atoms. The third-order valence-corrected chi connectivity index (χ3v) is 3.27. The molecule has 0 saturated carbocycles. The van der Waals surface area contributed by atoms with Crippen molar-refractivity contribution in [2.45, 2.75) is 39.8 Å². The van der Waals surface area contributed by atoms with Crippen LogP contribution in [-0.2, 0) is 0 Å². The van der Waals surface area contributed by atoms with Crippen molar-refractivity contribution in [3.63, 3.8) is 0 Å². The molecule has 0 aliphatic heterocycles. The topological polar surface area (TPSA) is 45.4 Å². The van der Waals surface area contributed by atoms with E-state index in [0.717, 1.165) is 16.5 Å². The minimum atomic E-state index is -0.598. The van der Waals surface area contributed by atoms with Gasteiger partial charge in [0.25, 0.3) is 0 Å². The van der Waals surface area contributed by atoms with Crippen LogP contribution in [0.5, 0.6) is 0 Å². The van der Waals surface area contributed by atoms with Crippen molar-refractivity contribution in [3.05, 3.63) is 35.1 Å². The van der Waals surface area contributed by atoms with Crippen LogP contribution in [0.15, 0.2) is 22.6 Å². The van der Waals surface area contributed by atoms with E-state index in [9.17, 15) is 5.11 Å². The second kappa shape index (κ2) is 5.12. The molecule has 1 aromatic carbocycles. The number of hydrogen-bond donors (Lipinski definition) is 2. The highest BCUT2D eigenvalue weighted by atomic mass is 16.4. The molecule has 0 amide bonds. The molecule has 0 aliphatic rings. The molecule has 0 bridgehead atoms. The zero-order valence-electron chi connectivity index (χ0n) is 11.4. The SMILES string of the molecule is Cc1ccc2cc(C(O)CNC(C)C)oc2c1C. The molecule has 0 spiro atoms. The lowest BCUT2D eigenvalue weighted by molar-refractivity contribution is 0.147. The molecule has 2 N–H and O–H groups in total. The summed E-state index contributed by atoms with van der Waals surface area (Å²) >= 11 is 0. The smallest absolute Gasteiger partial charge is 0.137 e. The molecule has 1 atom stereocenters. The number of aliphatic hydroxyl groups excluding tert-OH is 1. The monoisotopic (exact) mass is 247 g/mol. The van der Waals surface area contributed by atoms with Gasteiger partial charge in [0.05, 0.1) is 0 Å². The summed E-state index contributed by atoms with van der Waals surface area (Å²) in [6.07, 6.45) is -0.598. The maximum atomic E-state index is 10.1. The van der Waals surface area contributed by atoms with E-state index in [1.165, 1.54) is 5.56 Å². The molecule has 1 aromatic heterocycles. The van der Waals surface area contributed by atoms with Crippen molar-refractivity contribution >= 4 is 11.0 Å². The van der Waals surface area contributed by atoms with Crippen LogP contribution in [0, 0.1) is 13.8 Å². The van der Waals surface area contributed by atoms with Gasteiger partial charge in [-0.1, -0.05) is 26.0 Å². The van der Waals surface area contributed by atoms with Gasteiger partial charge in [-0.05, 0) is 31.0 Å². The van der Waals surface area contributed by atoms with E-state index in [2.05, 4.69) is 32.2 Å². The van der Waals surface area contributed by atoms with Gasteiger partial charge in [0, 0.05) is 18.0 Å². The standard InChI is InChI=1S/C15H21NO2/c1-9(2)16-8-13(17)14-7-12-6-5-10(3)11(4)15(12)18-14/h5-7,9,13,16-17H,8H2,1-4H3. The summed E-state index contributed by atoms with van der Waals surface area (Å²) in [7, 11) is 0. The number of aliphatic hydroxyl groups is 1. The van der Waals surface area contributed by atoms with Crippen LogP contribution in [0.2, 0.25) is 0 Å². The Bertz CT molecular complexity index is 543. The van der Waals surface area contributed by atoms with E-state index in [1.54, 1.807) is 0 Å². The predicted octanol–water partition coefficient (Wildman–Crippen LogP) is 3.08. The van der Waals surface area contributed by atoms with Gasteiger partial charge in [-0.2, -0.15) is 0 Å². The molecule has 1 heterocycles. The van der Waals surface area contributed by atoms with Crippen molar-refractivity contribution in [1.29, 1.82) is 0 Å². The molecule has 0 aliphatic carbocycles. The Morgan fingerprint density at radius 1 is 1.28 bits per heavy atom. The van der Waals surface area contributed by atoms with Crippen LogP contribution >= 0.6 is 0 Å². The second-order valence-electron chi connectivity index (χ2n) is 5.15. The summed E-state index contributed by atoms with van der Waals surface area (Å²) in [5, 5.41) is 14.3. The first kappa shape index (κ1) is 13.1. The van der Waals surface area contributed by atoms with Gasteiger partial charge in [-0.15, -0.1) is 0 Å². The average molecular weight is 247 g/mol. The van der Waals surface area contributed by atoms with Crippen molar-refractivity contribution < 1.29 is 9.52 Å². The van der Waals surface area contributed by atoms with Crippen molar-refractivity contribution in [3.8, 4) is 0 Å². The summed E-state index contributed by atoms with van der Waals surface area (Å²) in [4.78, 5) is 0. The Morgan fingerprint density at radius 2 is 2.00 bits per heavy atom. The van der Waals surface area contributed by atoms with Crippen LogP contribution in [0.4, 0.5) is 0 Å². The molecule has 0 saturated heterocycles. The first-order valence-corrected chi connectivity index (χ1v) is 6.40. The lowest BCUT2D eigenvalue weighted by Crippen LogP contribution is -2.27. The Balaban J connectivity index is 2.27. The second-order valence-corrected chi connectivity index (χ2v) is 5.15. The van der Waals surface area contributed by atoms with Gasteiger partial charge in [-0.3, -0.25) is 0 Å². The van der Waals surface area contributed by atoms with E-state index in [0.29, 0.717) is 18.3 Å². The third-order valence-electron chi connectivity index (χ3n) is 3.27. The van der Waals surface area contributed by atoms with Gasteiger partial charge in [0.15, 0.2) is 0 Å². The number of aryl methyl sites for hydroxylation is 2. The Labute approximate surface area is 108 Å². The van der Waals surface area contributed by atoms with E-state index in [4.69, 9.17) is 4.42 Å². The largest absolute Gasteiger partial charge is 0.458 e. The number of rotatable bonds is 4. The summed E-state index contributed by atoms with van der Waals surface area (Å²) in [5.41, 5.74) is 3.23. The highest BCUT2D eigenvalue weighted by molar-refractivity contribution is 5.82. The average Bonchev–Trinajstić information content (AvgIpc) is 2.75. The third kappa shape index (κ3) is 2.57. The van der Waals surface area contributed by atoms with E-state index < -0.39 is 6.10 Å². The summed E-state index contributed by atoms with van der Waals surface area (Å²) < 4.78 is 5.78. The Hall–Kier alpha value is -1.32. The van der Waals surface area contributed by atoms with Gasteiger partial charge < -0.3 is 14.8 Å². The molecule has 0 radical (unpaired) electrons. The highest BCUT2D eigenvalue weighted by Gasteiger charge is 2.15.